The van der Waals surface area contributed by atoms with Crippen molar-refractivity contribution in [2.24, 2.45) is 5.14 Å². The van der Waals surface area contributed by atoms with Gasteiger partial charge in [0.25, 0.3) is 0 Å². The first-order valence-corrected chi connectivity index (χ1v) is 10.4. The molecule has 6 nitrogen and oxygen atoms in total. The van der Waals surface area contributed by atoms with E-state index in [0.717, 1.165) is 17.5 Å². The summed E-state index contributed by atoms with van der Waals surface area (Å²) in [5.74, 6) is 0.530. The molecule has 2 aromatic carbocycles. The van der Waals surface area contributed by atoms with Gasteiger partial charge in [-0.1, -0.05) is 43.3 Å². The first kappa shape index (κ1) is 19.4. The Hall–Kier alpha value is -2.35. The van der Waals surface area contributed by atoms with Gasteiger partial charge in [0.2, 0.25) is 10.0 Å². The van der Waals surface area contributed by atoms with Gasteiger partial charge in [-0.15, -0.1) is 0 Å². The van der Waals surface area contributed by atoms with E-state index in [0.29, 0.717) is 37.5 Å². The summed E-state index contributed by atoms with van der Waals surface area (Å²) in [6.07, 6.45) is 2.39. The van der Waals surface area contributed by atoms with Gasteiger partial charge in [0.15, 0.2) is 0 Å². The fourth-order valence-corrected chi connectivity index (χ4v) is 3.71. The Morgan fingerprint density at radius 1 is 1.04 bits per heavy atom. The van der Waals surface area contributed by atoms with E-state index < -0.39 is 10.0 Å². The summed E-state index contributed by atoms with van der Waals surface area (Å²) in [6.45, 7) is 3.97. The highest BCUT2D eigenvalue weighted by atomic mass is 32.2. The van der Waals surface area contributed by atoms with Gasteiger partial charge in [-0.2, -0.15) is 0 Å². The van der Waals surface area contributed by atoms with Crippen molar-refractivity contribution in [3.63, 3.8) is 0 Å². The second-order valence-electron chi connectivity index (χ2n) is 6.27. The minimum atomic E-state index is -3.87. The molecule has 1 aromatic heterocycles. The summed E-state index contributed by atoms with van der Waals surface area (Å²) < 4.78 is 37.5. The van der Waals surface area contributed by atoms with E-state index in [1.165, 1.54) is 0 Å². The number of primary sulfonamides is 1. The fourth-order valence-electron chi connectivity index (χ4n) is 2.94. The minimum Gasteiger partial charge on any atom is -0.493 e. The summed E-state index contributed by atoms with van der Waals surface area (Å²) in [4.78, 5) is 0.0762. The third kappa shape index (κ3) is 4.68. The van der Waals surface area contributed by atoms with E-state index in [-0.39, 0.29) is 4.90 Å². The van der Waals surface area contributed by atoms with E-state index in [4.69, 9.17) is 14.6 Å². The number of sulfonamides is 1. The Morgan fingerprint density at radius 2 is 1.81 bits per heavy atom. The number of nitrogens with two attached hydrogens (primary N) is 1. The lowest BCUT2D eigenvalue weighted by molar-refractivity contribution is 0.114. The van der Waals surface area contributed by atoms with Gasteiger partial charge in [-0.3, -0.25) is 0 Å². The summed E-state index contributed by atoms with van der Waals surface area (Å²) >= 11 is 0. The van der Waals surface area contributed by atoms with Crippen LogP contribution in [-0.2, 0) is 27.9 Å². The van der Waals surface area contributed by atoms with E-state index in [2.05, 4.69) is 0 Å². The highest BCUT2D eigenvalue weighted by Crippen LogP contribution is 2.33. The molecular weight excluding hydrogens is 364 g/mol. The van der Waals surface area contributed by atoms with Crippen LogP contribution in [0.5, 0.6) is 5.75 Å². The Bertz CT molecular complexity index is 997. The molecule has 0 aliphatic heterocycles. The van der Waals surface area contributed by atoms with E-state index >= 15 is 0 Å². The average Bonchev–Trinajstić information content (AvgIpc) is 3.04. The van der Waals surface area contributed by atoms with Crippen LogP contribution in [0, 0.1) is 0 Å². The molecule has 0 atom stereocenters. The van der Waals surface area contributed by atoms with Gasteiger partial charge >= 0.3 is 0 Å². The lowest BCUT2D eigenvalue weighted by Crippen LogP contribution is -2.12. The summed E-state index contributed by atoms with van der Waals surface area (Å²) in [5, 5.41) is 5.96. The third-order valence-electron chi connectivity index (χ3n) is 4.19. The van der Waals surface area contributed by atoms with Crippen LogP contribution in [0.25, 0.3) is 10.9 Å². The zero-order valence-corrected chi connectivity index (χ0v) is 16.1. The molecule has 0 saturated carbocycles. The topological polar surface area (TPSA) is 83.5 Å². The van der Waals surface area contributed by atoms with Gasteiger partial charge in [-0.05, 0) is 24.1 Å². The first-order chi connectivity index (χ1) is 13.0. The Labute approximate surface area is 159 Å². The number of aromatic nitrogens is 1. The predicted octanol–water partition coefficient (Wildman–Crippen LogP) is 3.29. The molecule has 0 aliphatic rings. The second-order valence-corrected chi connectivity index (χ2v) is 7.80. The van der Waals surface area contributed by atoms with Crippen molar-refractivity contribution in [1.29, 1.82) is 0 Å². The maximum absolute atomic E-state index is 12.1. The van der Waals surface area contributed by atoms with Gasteiger partial charge in [0.1, 0.15) is 10.6 Å². The Balaban J connectivity index is 1.83. The monoisotopic (exact) mass is 388 g/mol. The molecule has 7 heteroatoms. The zero-order valence-electron chi connectivity index (χ0n) is 15.3. The van der Waals surface area contributed by atoms with Crippen LogP contribution in [0.2, 0.25) is 0 Å². The van der Waals surface area contributed by atoms with Crippen molar-refractivity contribution in [1.82, 2.24) is 4.57 Å². The first-order valence-electron chi connectivity index (χ1n) is 8.90. The van der Waals surface area contributed by atoms with Crippen molar-refractivity contribution < 1.29 is 17.9 Å². The van der Waals surface area contributed by atoms with Crippen molar-refractivity contribution in [3.8, 4) is 5.75 Å². The van der Waals surface area contributed by atoms with Gasteiger partial charge < -0.3 is 14.0 Å². The average molecular weight is 388 g/mol. The Kier molecular flexibility index (Phi) is 6.15. The number of fused-ring (bicyclic) bond motifs is 1. The SMILES string of the molecule is CCCOc1cccc2c1c(S(N)(=O)=O)cn2CCOCc1ccccc1. The van der Waals surface area contributed by atoms with Crippen LogP contribution in [-0.4, -0.2) is 26.2 Å². The van der Waals surface area contributed by atoms with E-state index in [1.54, 1.807) is 12.3 Å². The number of hydrogen-bond donors (Lipinski definition) is 1. The number of nitrogens with zero attached hydrogens (tertiary/aromatic N) is 1. The molecule has 3 aromatic rings. The van der Waals surface area contributed by atoms with Crippen LogP contribution >= 0.6 is 0 Å². The van der Waals surface area contributed by atoms with Crippen LogP contribution < -0.4 is 9.88 Å². The molecular formula is C20H24N2O4S. The molecule has 0 unspecified atom stereocenters. The molecule has 2 N–H and O–H groups in total. The van der Waals surface area contributed by atoms with Crippen LogP contribution in [0.1, 0.15) is 18.9 Å². The molecule has 144 valence electrons. The molecule has 0 saturated heterocycles. The Morgan fingerprint density at radius 3 is 2.52 bits per heavy atom. The largest absolute Gasteiger partial charge is 0.493 e. The number of ether oxygens (including phenoxy) is 2. The highest BCUT2D eigenvalue weighted by Gasteiger charge is 2.20. The lowest BCUT2D eigenvalue weighted by atomic mass is 10.2. The quantitative estimate of drug-likeness (QED) is 0.570. The van der Waals surface area contributed by atoms with E-state index in [9.17, 15) is 8.42 Å². The van der Waals surface area contributed by atoms with Gasteiger partial charge in [-0.25, -0.2) is 13.6 Å². The van der Waals surface area contributed by atoms with Crippen LogP contribution in [0.4, 0.5) is 0 Å². The van der Waals surface area contributed by atoms with Crippen LogP contribution in [0.15, 0.2) is 59.6 Å². The van der Waals surface area contributed by atoms with Crippen molar-refractivity contribution in [2.45, 2.75) is 31.4 Å². The standard InChI is InChI=1S/C20H24N2O4S/c1-2-12-26-18-10-6-9-17-20(18)19(27(21,23)24)14-22(17)11-13-25-15-16-7-4-3-5-8-16/h3-10,14H,2,11-13,15H2,1H3,(H2,21,23,24). The smallest absolute Gasteiger partial charge is 0.240 e. The van der Waals surface area contributed by atoms with Gasteiger partial charge in [0.05, 0.1) is 30.7 Å². The maximum atomic E-state index is 12.1. The molecule has 3 rings (SSSR count). The van der Waals surface area contributed by atoms with Crippen LogP contribution in [0.3, 0.4) is 0 Å². The van der Waals surface area contributed by atoms with E-state index in [1.807, 2.05) is 54.0 Å². The molecule has 0 fully saturated rings. The van der Waals surface area contributed by atoms with Gasteiger partial charge in [0, 0.05) is 12.7 Å². The molecule has 0 bridgehead atoms. The highest BCUT2D eigenvalue weighted by molar-refractivity contribution is 7.89. The second kappa shape index (κ2) is 8.56. The van der Waals surface area contributed by atoms with Crippen molar-refractivity contribution >= 4 is 20.9 Å². The number of benzene rings is 2. The normalized spacial score (nSPS) is 11.8. The molecule has 0 spiro atoms. The minimum absolute atomic E-state index is 0.0762. The van der Waals surface area contributed by atoms with Crippen molar-refractivity contribution in [3.05, 3.63) is 60.3 Å². The number of hydrogen-bond acceptors (Lipinski definition) is 4. The predicted molar refractivity (Wildman–Crippen MR) is 105 cm³/mol. The molecule has 0 radical (unpaired) electrons. The maximum Gasteiger partial charge on any atom is 0.240 e. The molecule has 0 amide bonds. The van der Waals surface area contributed by atoms with Crippen molar-refractivity contribution in [2.75, 3.05) is 13.2 Å². The zero-order chi connectivity index (χ0) is 19.3. The fraction of sp³-hybridized carbons (Fsp3) is 0.300. The molecule has 27 heavy (non-hydrogen) atoms. The number of rotatable bonds is 9. The summed E-state index contributed by atoms with van der Waals surface area (Å²) in [7, 11) is -3.87. The lowest BCUT2D eigenvalue weighted by Gasteiger charge is -2.09. The summed E-state index contributed by atoms with van der Waals surface area (Å²) in [6, 6.07) is 15.4. The molecule has 1 heterocycles. The summed E-state index contributed by atoms with van der Waals surface area (Å²) in [5.41, 5.74) is 1.85. The molecule has 0 aliphatic carbocycles. The third-order valence-corrected chi connectivity index (χ3v) is 5.11.